The molecule has 0 fully saturated rings. The molecule has 2 amide bonds. The van der Waals surface area contributed by atoms with Gasteiger partial charge in [-0.2, -0.15) is 5.10 Å². The zero-order valence-electron chi connectivity index (χ0n) is 15.7. The number of aromatic nitrogens is 2. The Balaban J connectivity index is 2.66. The number of carbonyl (C=O) groups is 2. The molecule has 0 bridgehead atoms. The van der Waals surface area contributed by atoms with Crippen LogP contribution in [0.2, 0.25) is 0 Å². The molecule has 1 heterocycles. The van der Waals surface area contributed by atoms with Crippen LogP contribution in [0.1, 0.15) is 55.7 Å². The van der Waals surface area contributed by atoms with Crippen molar-refractivity contribution >= 4 is 11.8 Å². The Kier molecular flexibility index (Phi) is 7.91. The molecule has 7 heteroatoms. The van der Waals surface area contributed by atoms with Gasteiger partial charge in [0.05, 0.1) is 17.8 Å². The van der Waals surface area contributed by atoms with Crippen LogP contribution in [0.15, 0.2) is 6.20 Å². The zero-order chi connectivity index (χ0) is 18.3. The van der Waals surface area contributed by atoms with E-state index < -0.39 is 6.04 Å². The van der Waals surface area contributed by atoms with Crippen molar-refractivity contribution in [2.45, 2.75) is 52.6 Å². The largest absolute Gasteiger partial charge is 0.353 e. The first-order chi connectivity index (χ1) is 11.3. The topological polar surface area (TPSA) is 79.3 Å². The molecule has 1 aromatic rings. The number of likely N-dealkylation sites (N-methyl/N-ethyl adjacent to an activating group) is 1. The molecule has 1 atom stereocenters. The highest BCUT2D eigenvalue weighted by molar-refractivity contribution is 5.98. The average molecular weight is 337 g/mol. The molecule has 0 spiro atoms. The normalized spacial score (nSPS) is 12.5. The molecule has 0 aliphatic rings. The number of rotatable bonds is 9. The van der Waals surface area contributed by atoms with E-state index in [1.165, 1.54) is 0 Å². The lowest BCUT2D eigenvalue weighted by molar-refractivity contribution is -0.122. The molecule has 136 valence electrons. The number of amides is 2. The van der Waals surface area contributed by atoms with Gasteiger partial charge in [-0.15, -0.1) is 0 Å². The van der Waals surface area contributed by atoms with Crippen molar-refractivity contribution in [1.29, 1.82) is 0 Å². The molecule has 2 N–H and O–H groups in total. The fourth-order valence-corrected chi connectivity index (χ4v) is 2.54. The minimum Gasteiger partial charge on any atom is -0.353 e. The molecule has 0 aliphatic carbocycles. The van der Waals surface area contributed by atoms with Gasteiger partial charge in [0.2, 0.25) is 5.91 Å². The van der Waals surface area contributed by atoms with E-state index >= 15 is 0 Å². The summed E-state index contributed by atoms with van der Waals surface area (Å²) < 4.78 is 1.90. The van der Waals surface area contributed by atoms with Crippen LogP contribution in [0, 0.1) is 6.92 Å². The van der Waals surface area contributed by atoms with E-state index in [9.17, 15) is 9.59 Å². The Hall–Kier alpha value is -1.89. The minimum absolute atomic E-state index is 0.185. The number of nitrogens with one attached hydrogen (secondary N) is 2. The van der Waals surface area contributed by atoms with E-state index in [-0.39, 0.29) is 11.8 Å². The summed E-state index contributed by atoms with van der Waals surface area (Å²) in [6.07, 6.45) is 3.51. The van der Waals surface area contributed by atoms with Gasteiger partial charge in [0, 0.05) is 18.8 Å². The van der Waals surface area contributed by atoms with Crippen molar-refractivity contribution in [2.24, 2.45) is 0 Å². The molecule has 1 rings (SSSR count). The summed E-state index contributed by atoms with van der Waals surface area (Å²) in [6, 6.07) is -0.297. The van der Waals surface area contributed by atoms with Gasteiger partial charge in [-0.25, -0.2) is 0 Å². The smallest absolute Gasteiger partial charge is 0.255 e. The predicted molar refractivity (Wildman–Crippen MR) is 95.1 cm³/mol. The fraction of sp³-hybridized carbons (Fsp3) is 0.706. The number of hydrogen-bond donors (Lipinski definition) is 2. The van der Waals surface area contributed by atoms with Crippen LogP contribution in [0.25, 0.3) is 0 Å². The molecule has 0 saturated carbocycles. The minimum atomic E-state index is -0.587. The lowest BCUT2D eigenvalue weighted by atomic mass is 10.1. The summed E-state index contributed by atoms with van der Waals surface area (Å²) in [7, 11) is 3.88. The van der Waals surface area contributed by atoms with Gasteiger partial charge in [0.25, 0.3) is 5.91 Å². The van der Waals surface area contributed by atoms with Crippen LogP contribution < -0.4 is 10.6 Å². The van der Waals surface area contributed by atoms with Gasteiger partial charge >= 0.3 is 0 Å². The van der Waals surface area contributed by atoms with E-state index in [2.05, 4.69) is 29.6 Å². The molecule has 7 nitrogen and oxygen atoms in total. The molecular formula is C17H31N5O2. The second-order valence-electron chi connectivity index (χ2n) is 6.35. The molecule has 24 heavy (non-hydrogen) atoms. The van der Waals surface area contributed by atoms with Crippen LogP contribution in [-0.2, 0) is 4.79 Å². The SMILES string of the molecule is CCC(CC)n1ncc(C(=O)NC(C)C(=O)NCCN(C)C)c1C. The van der Waals surface area contributed by atoms with Crippen molar-refractivity contribution in [3.05, 3.63) is 17.5 Å². The lowest BCUT2D eigenvalue weighted by Crippen LogP contribution is -2.46. The van der Waals surface area contributed by atoms with Gasteiger partial charge in [0.15, 0.2) is 0 Å². The van der Waals surface area contributed by atoms with Crippen molar-refractivity contribution in [3.8, 4) is 0 Å². The Morgan fingerprint density at radius 3 is 2.46 bits per heavy atom. The summed E-state index contributed by atoms with van der Waals surface area (Å²) in [6.45, 7) is 9.10. The van der Waals surface area contributed by atoms with Gasteiger partial charge in [-0.1, -0.05) is 13.8 Å². The highest BCUT2D eigenvalue weighted by Gasteiger charge is 2.21. The van der Waals surface area contributed by atoms with Gasteiger partial charge in [-0.3, -0.25) is 14.3 Å². The third-order valence-electron chi connectivity index (χ3n) is 4.18. The predicted octanol–water partition coefficient (Wildman–Crippen LogP) is 1.35. The highest BCUT2D eigenvalue weighted by Crippen LogP contribution is 2.19. The summed E-state index contributed by atoms with van der Waals surface area (Å²) in [4.78, 5) is 26.4. The summed E-state index contributed by atoms with van der Waals surface area (Å²) in [5.41, 5.74) is 1.36. The van der Waals surface area contributed by atoms with E-state index in [0.29, 0.717) is 18.2 Å². The number of carbonyl (C=O) groups excluding carboxylic acids is 2. The maximum atomic E-state index is 12.4. The summed E-state index contributed by atoms with van der Waals surface area (Å²) in [5.74, 6) is -0.449. The van der Waals surface area contributed by atoms with Crippen LogP contribution in [0.3, 0.4) is 0 Å². The molecule has 1 unspecified atom stereocenters. The quantitative estimate of drug-likeness (QED) is 0.713. The standard InChI is InChI=1S/C17H31N5O2/c1-7-14(8-2)22-13(4)15(11-19-22)17(24)20-12(3)16(23)18-9-10-21(5)6/h11-12,14H,7-10H2,1-6H3,(H,18,23)(H,20,24). The Morgan fingerprint density at radius 1 is 1.29 bits per heavy atom. The van der Waals surface area contributed by atoms with Gasteiger partial charge < -0.3 is 15.5 Å². The van der Waals surface area contributed by atoms with Crippen LogP contribution in [0.4, 0.5) is 0 Å². The third kappa shape index (κ3) is 5.33. The van der Waals surface area contributed by atoms with Gasteiger partial charge in [-0.05, 0) is 40.8 Å². The molecular weight excluding hydrogens is 306 g/mol. The fourth-order valence-electron chi connectivity index (χ4n) is 2.54. The first kappa shape index (κ1) is 20.2. The Morgan fingerprint density at radius 2 is 1.92 bits per heavy atom. The third-order valence-corrected chi connectivity index (χ3v) is 4.18. The number of hydrogen-bond acceptors (Lipinski definition) is 4. The second-order valence-corrected chi connectivity index (χ2v) is 6.35. The number of nitrogens with zero attached hydrogens (tertiary/aromatic N) is 3. The van der Waals surface area contributed by atoms with Crippen LogP contribution >= 0.6 is 0 Å². The first-order valence-corrected chi connectivity index (χ1v) is 8.59. The summed E-state index contributed by atoms with van der Waals surface area (Å²) in [5, 5.41) is 9.91. The van der Waals surface area contributed by atoms with Gasteiger partial charge in [0.1, 0.15) is 6.04 Å². The Labute approximate surface area is 144 Å². The maximum Gasteiger partial charge on any atom is 0.255 e. The highest BCUT2D eigenvalue weighted by atomic mass is 16.2. The van der Waals surface area contributed by atoms with E-state index in [4.69, 9.17) is 0 Å². The average Bonchev–Trinajstić information content (AvgIpc) is 2.90. The maximum absolute atomic E-state index is 12.4. The van der Waals surface area contributed by atoms with Crippen molar-refractivity contribution in [2.75, 3.05) is 27.2 Å². The van der Waals surface area contributed by atoms with Crippen LogP contribution in [-0.4, -0.2) is 59.7 Å². The van der Waals surface area contributed by atoms with Crippen LogP contribution in [0.5, 0.6) is 0 Å². The lowest BCUT2D eigenvalue weighted by Gasteiger charge is -2.17. The van der Waals surface area contributed by atoms with E-state index in [1.54, 1.807) is 13.1 Å². The Bertz CT molecular complexity index is 549. The zero-order valence-corrected chi connectivity index (χ0v) is 15.7. The van der Waals surface area contributed by atoms with Crippen molar-refractivity contribution < 1.29 is 9.59 Å². The van der Waals surface area contributed by atoms with Crippen molar-refractivity contribution in [3.63, 3.8) is 0 Å². The summed E-state index contributed by atoms with van der Waals surface area (Å²) >= 11 is 0. The van der Waals surface area contributed by atoms with Crippen molar-refractivity contribution in [1.82, 2.24) is 25.3 Å². The molecule has 0 aromatic carbocycles. The second kappa shape index (κ2) is 9.42. The first-order valence-electron chi connectivity index (χ1n) is 8.59. The molecule has 0 saturated heterocycles. The molecule has 0 aliphatic heterocycles. The monoisotopic (exact) mass is 337 g/mol. The van der Waals surface area contributed by atoms with E-state index in [1.807, 2.05) is 30.6 Å². The van der Waals surface area contributed by atoms with E-state index in [0.717, 1.165) is 25.1 Å². The molecule has 1 aromatic heterocycles. The molecule has 0 radical (unpaired) electrons.